The van der Waals surface area contributed by atoms with Gasteiger partial charge >= 0.3 is 6.01 Å². The van der Waals surface area contributed by atoms with Gasteiger partial charge in [-0.15, -0.1) is 0 Å². The molecule has 2 amide bonds. The number of anilines is 2. The molecule has 2 aliphatic heterocycles. The van der Waals surface area contributed by atoms with E-state index < -0.39 is 11.7 Å². The van der Waals surface area contributed by atoms with Gasteiger partial charge in [-0.25, -0.2) is 9.37 Å². The molecule has 6 rings (SSSR count). The Balaban J connectivity index is 1.34. The molecule has 2 N–H and O–H groups in total. The summed E-state index contributed by atoms with van der Waals surface area (Å²) >= 11 is 0. The first-order chi connectivity index (χ1) is 19.6. The van der Waals surface area contributed by atoms with E-state index in [1.165, 1.54) is 10.7 Å². The molecule has 4 heterocycles. The van der Waals surface area contributed by atoms with Crippen molar-refractivity contribution in [3.63, 3.8) is 0 Å². The lowest BCUT2D eigenvalue weighted by Gasteiger charge is -2.38. The molecule has 2 saturated heterocycles. The molecule has 0 saturated carbocycles. The quantitative estimate of drug-likeness (QED) is 0.370. The Labute approximate surface area is 236 Å². The number of aryl methyl sites for hydroxylation is 1. The van der Waals surface area contributed by atoms with Crippen LogP contribution < -0.4 is 20.3 Å². The number of nitrogens with zero attached hydrogens (tertiary/aromatic N) is 6. The summed E-state index contributed by atoms with van der Waals surface area (Å²) in [5.41, 5.74) is 2.23. The Hall–Kier alpha value is -4.32. The fourth-order valence-corrected chi connectivity index (χ4v) is 5.88. The Morgan fingerprint density at radius 2 is 1.93 bits per heavy atom. The maximum absolute atomic E-state index is 14.7. The molecule has 0 aliphatic carbocycles. The van der Waals surface area contributed by atoms with E-state index in [9.17, 15) is 14.0 Å². The first-order valence-electron chi connectivity index (χ1n) is 13.8. The number of benzene rings is 2. The highest BCUT2D eigenvalue weighted by Gasteiger charge is 2.28. The van der Waals surface area contributed by atoms with E-state index in [0.29, 0.717) is 41.7 Å². The first kappa shape index (κ1) is 26.9. The van der Waals surface area contributed by atoms with Gasteiger partial charge in [0, 0.05) is 92.7 Å². The Morgan fingerprint density at radius 3 is 2.66 bits per heavy atom. The minimum atomic E-state index is -0.519. The van der Waals surface area contributed by atoms with Crippen molar-refractivity contribution in [1.29, 1.82) is 0 Å². The zero-order valence-corrected chi connectivity index (χ0v) is 23.5. The highest BCUT2D eigenvalue weighted by Crippen LogP contribution is 2.32. The third-order valence-electron chi connectivity index (χ3n) is 7.65. The molecule has 2 aromatic heterocycles. The van der Waals surface area contributed by atoms with Crippen molar-refractivity contribution in [2.75, 3.05) is 43.5 Å². The van der Waals surface area contributed by atoms with E-state index in [1.807, 2.05) is 6.07 Å². The van der Waals surface area contributed by atoms with Crippen LogP contribution in [0.1, 0.15) is 30.6 Å². The van der Waals surface area contributed by atoms with E-state index in [0.717, 1.165) is 24.2 Å². The molecule has 0 radical (unpaired) electrons. The van der Waals surface area contributed by atoms with Crippen LogP contribution in [0.25, 0.3) is 21.8 Å². The van der Waals surface area contributed by atoms with E-state index >= 15 is 0 Å². The van der Waals surface area contributed by atoms with Crippen LogP contribution in [0.2, 0.25) is 0 Å². The number of halogens is 1. The molecule has 41 heavy (non-hydrogen) atoms. The minimum Gasteiger partial charge on any atom is -0.463 e. The van der Waals surface area contributed by atoms with Gasteiger partial charge in [0.2, 0.25) is 5.91 Å². The predicted molar refractivity (Wildman–Crippen MR) is 154 cm³/mol. The molecule has 2 aliphatic rings. The van der Waals surface area contributed by atoms with Gasteiger partial charge in [-0.05, 0) is 38.1 Å². The predicted octanol–water partition coefficient (Wildman–Crippen LogP) is 2.95. The average Bonchev–Trinajstić information content (AvgIpc) is 3.46. The van der Waals surface area contributed by atoms with Crippen molar-refractivity contribution in [3.05, 3.63) is 48.0 Å². The second-order valence-electron chi connectivity index (χ2n) is 11.2. The number of nitrogens with one attached hydrogen (secondary N) is 2. The fraction of sp³-hybridized carbons (Fsp3) is 0.414. The van der Waals surface area contributed by atoms with Crippen LogP contribution in [0.15, 0.2) is 36.7 Å². The monoisotopic (exact) mass is 560 g/mol. The molecular weight excluding hydrogens is 527 g/mol. The third kappa shape index (κ3) is 5.39. The van der Waals surface area contributed by atoms with E-state index in [-0.39, 0.29) is 35.4 Å². The summed E-state index contributed by atoms with van der Waals surface area (Å²) in [6.07, 6.45) is 3.80. The van der Waals surface area contributed by atoms with Gasteiger partial charge in [0.1, 0.15) is 5.52 Å². The molecule has 1 unspecified atom stereocenters. The van der Waals surface area contributed by atoms with Gasteiger partial charge in [0.05, 0.1) is 17.7 Å². The number of fused-ring (bicyclic) bond motifs is 2. The number of hydrogen-bond acceptors (Lipinski definition) is 8. The molecule has 2 fully saturated rings. The molecule has 0 bridgehead atoms. The van der Waals surface area contributed by atoms with Gasteiger partial charge in [-0.1, -0.05) is 0 Å². The number of amides is 2. The topological polar surface area (TPSA) is 118 Å². The number of piperazine rings is 1. The highest BCUT2D eigenvalue weighted by molar-refractivity contribution is 6.14. The molecule has 0 spiro atoms. The summed E-state index contributed by atoms with van der Waals surface area (Å²) in [7, 11) is 3.49. The zero-order chi connectivity index (χ0) is 28.8. The Morgan fingerprint density at radius 1 is 1.15 bits per heavy atom. The van der Waals surface area contributed by atoms with Crippen molar-refractivity contribution in [1.82, 2.24) is 30.0 Å². The highest BCUT2D eigenvalue weighted by atomic mass is 19.1. The number of likely N-dealkylation sites (tertiary alicyclic amines) is 1. The summed E-state index contributed by atoms with van der Waals surface area (Å²) in [5, 5.41) is 11.8. The van der Waals surface area contributed by atoms with Gasteiger partial charge in [-0.2, -0.15) is 10.1 Å². The van der Waals surface area contributed by atoms with Gasteiger partial charge < -0.3 is 25.2 Å². The van der Waals surface area contributed by atoms with Gasteiger partial charge in [0.25, 0.3) is 5.91 Å². The summed E-state index contributed by atoms with van der Waals surface area (Å²) in [6, 6.07) is 7.30. The fourth-order valence-electron chi connectivity index (χ4n) is 5.88. The molecule has 4 aromatic rings. The summed E-state index contributed by atoms with van der Waals surface area (Å²) in [6.45, 7) is 6.76. The Kier molecular flexibility index (Phi) is 6.94. The second kappa shape index (κ2) is 10.6. The largest absolute Gasteiger partial charge is 0.463 e. The molecule has 3 atom stereocenters. The minimum absolute atomic E-state index is 0.0435. The second-order valence-corrected chi connectivity index (χ2v) is 11.2. The molecule has 12 heteroatoms. The van der Waals surface area contributed by atoms with Crippen LogP contribution in [-0.2, 0) is 11.8 Å². The number of carbonyl (C=O) groups excluding carboxylic acids is 2. The summed E-state index contributed by atoms with van der Waals surface area (Å²) in [5.74, 6) is -0.822. The maximum Gasteiger partial charge on any atom is 0.316 e. The lowest BCUT2D eigenvalue weighted by Crippen LogP contribution is -2.54. The summed E-state index contributed by atoms with van der Waals surface area (Å²) < 4.78 is 22.2. The number of ether oxygens (including phenoxy) is 1. The van der Waals surface area contributed by atoms with Crippen molar-refractivity contribution in [2.45, 2.75) is 32.4 Å². The lowest BCUT2D eigenvalue weighted by atomic mass is 10.0. The molecular formula is C29H33FN8O3. The van der Waals surface area contributed by atoms with Crippen LogP contribution in [0.3, 0.4) is 0 Å². The smallest absolute Gasteiger partial charge is 0.316 e. The van der Waals surface area contributed by atoms with Crippen LogP contribution in [0, 0.1) is 11.7 Å². The van der Waals surface area contributed by atoms with E-state index in [2.05, 4.69) is 44.4 Å². The van der Waals surface area contributed by atoms with Crippen molar-refractivity contribution < 1.29 is 18.7 Å². The number of rotatable bonds is 6. The number of carbonyl (C=O) groups is 2. The standard InChI is InChI=1S/C29H33FN8O3/c1-16-11-38(12-17(2)32-16)24-6-5-21(28(40)33-20-8-19-14-37(4)35-26(19)23(30)9-20)27-22(24)10-31-29(34-27)41-15-18-7-25(39)36(3)13-18/h5-6,8-10,14,16-18,32H,7,11-13,15H2,1-4H3,(H,33,40)/t16-,17-,18?/m0/s1. The van der Waals surface area contributed by atoms with Crippen molar-refractivity contribution >= 4 is 45.0 Å². The first-order valence-corrected chi connectivity index (χ1v) is 13.8. The van der Waals surface area contributed by atoms with Crippen molar-refractivity contribution in [2.24, 2.45) is 13.0 Å². The van der Waals surface area contributed by atoms with E-state index in [1.54, 1.807) is 43.5 Å². The SMILES string of the molecule is C[C@H]1CN(c2ccc(C(=O)Nc3cc(F)c4nn(C)cc4c3)c3nc(OCC4CC(=O)N(C)C4)ncc23)C[C@H](C)N1. The third-order valence-corrected chi connectivity index (χ3v) is 7.65. The maximum atomic E-state index is 14.7. The van der Waals surface area contributed by atoms with Gasteiger partial charge in [-0.3, -0.25) is 14.3 Å². The van der Waals surface area contributed by atoms with Crippen LogP contribution in [0.4, 0.5) is 15.8 Å². The number of hydrogen-bond donors (Lipinski definition) is 2. The zero-order valence-electron chi connectivity index (χ0n) is 23.5. The Bertz CT molecular complexity index is 1650. The summed E-state index contributed by atoms with van der Waals surface area (Å²) in [4.78, 5) is 38.6. The van der Waals surface area contributed by atoms with Crippen molar-refractivity contribution in [3.8, 4) is 6.01 Å². The lowest BCUT2D eigenvalue weighted by molar-refractivity contribution is -0.126. The number of aromatic nitrogens is 4. The van der Waals surface area contributed by atoms with Crippen LogP contribution in [0.5, 0.6) is 6.01 Å². The normalized spacial score (nSPS) is 21.2. The van der Waals surface area contributed by atoms with Gasteiger partial charge in [0.15, 0.2) is 5.82 Å². The molecule has 11 nitrogen and oxygen atoms in total. The molecule has 214 valence electrons. The van der Waals surface area contributed by atoms with E-state index in [4.69, 9.17) is 4.74 Å². The molecule has 2 aromatic carbocycles. The van der Waals surface area contributed by atoms with Crippen LogP contribution in [-0.4, -0.2) is 81.8 Å². The average molecular weight is 561 g/mol. The van der Waals surface area contributed by atoms with Crippen LogP contribution >= 0.6 is 0 Å².